The van der Waals surface area contributed by atoms with Crippen molar-refractivity contribution < 1.29 is 14.6 Å². The Balaban J connectivity index is 2.21. The van der Waals surface area contributed by atoms with Gasteiger partial charge in [0.05, 0.1) is 12.5 Å². The molecule has 2 rings (SSSR count). The Kier molecular flexibility index (Phi) is 2.13. The molecule has 74 valence electrons. The predicted molar refractivity (Wildman–Crippen MR) is 50.0 cm³/mol. The van der Waals surface area contributed by atoms with Crippen molar-refractivity contribution in [1.82, 2.24) is 0 Å². The van der Waals surface area contributed by atoms with Crippen molar-refractivity contribution in [3.63, 3.8) is 0 Å². The monoisotopic (exact) mass is 193 g/mol. The molecule has 1 aromatic carbocycles. The zero-order valence-electron chi connectivity index (χ0n) is 7.51. The Morgan fingerprint density at radius 1 is 1.50 bits per heavy atom. The van der Waals surface area contributed by atoms with Gasteiger partial charge < -0.3 is 15.6 Å². The fraction of sp³-hybridized carbons (Fsp3) is 0.300. The Hall–Kier alpha value is -1.55. The molecule has 1 aromatic rings. The van der Waals surface area contributed by atoms with Crippen molar-refractivity contribution in [3.8, 4) is 5.75 Å². The summed E-state index contributed by atoms with van der Waals surface area (Å²) in [7, 11) is 0. The summed E-state index contributed by atoms with van der Waals surface area (Å²) in [5.41, 5.74) is 6.74. The average molecular weight is 193 g/mol. The number of fused-ring (bicyclic) bond motifs is 1. The lowest BCUT2D eigenvalue weighted by Gasteiger charge is -2.12. The van der Waals surface area contributed by atoms with Crippen molar-refractivity contribution in [3.05, 3.63) is 29.8 Å². The number of nitrogens with two attached hydrogens (primary N) is 1. The summed E-state index contributed by atoms with van der Waals surface area (Å²) in [5, 5.41) is 8.64. The highest BCUT2D eigenvalue weighted by Gasteiger charge is 2.32. The van der Waals surface area contributed by atoms with E-state index in [1.807, 2.05) is 18.2 Å². The van der Waals surface area contributed by atoms with Crippen LogP contribution in [0.5, 0.6) is 5.75 Å². The van der Waals surface area contributed by atoms with Crippen LogP contribution in [0, 0.1) is 0 Å². The van der Waals surface area contributed by atoms with Gasteiger partial charge >= 0.3 is 5.97 Å². The molecule has 4 nitrogen and oxygen atoms in total. The van der Waals surface area contributed by atoms with E-state index >= 15 is 0 Å². The number of carbonyl (C=O) groups is 1. The van der Waals surface area contributed by atoms with Gasteiger partial charge in [-0.15, -0.1) is 0 Å². The summed E-state index contributed by atoms with van der Waals surface area (Å²) in [6, 6.07) is 7.04. The summed E-state index contributed by atoms with van der Waals surface area (Å²) >= 11 is 0. The molecule has 0 radical (unpaired) electrons. The minimum absolute atomic E-state index is 0.0597. The molecule has 14 heavy (non-hydrogen) atoms. The van der Waals surface area contributed by atoms with Crippen molar-refractivity contribution in [1.29, 1.82) is 0 Å². The molecule has 1 aliphatic heterocycles. The summed E-state index contributed by atoms with van der Waals surface area (Å²) in [5.74, 6) is -0.190. The Morgan fingerprint density at radius 3 is 2.86 bits per heavy atom. The standard InChI is InChI=1S/C10H11NO3/c11-10-6-3-1-2-4-7(6)14-8(10)5-9(12)13/h1-4,8,10H,5,11H2,(H,12,13). The van der Waals surface area contributed by atoms with Crippen LogP contribution >= 0.6 is 0 Å². The topological polar surface area (TPSA) is 72.5 Å². The second kappa shape index (κ2) is 3.31. The van der Waals surface area contributed by atoms with Crippen LogP contribution in [0.1, 0.15) is 18.0 Å². The molecular weight excluding hydrogens is 182 g/mol. The van der Waals surface area contributed by atoms with Gasteiger partial charge in [0.1, 0.15) is 11.9 Å². The molecule has 4 heteroatoms. The smallest absolute Gasteiger partial charge is 0.307 e. The van der Waals surface area contributed by atoms with Crippen molar-refractivity contribution >= 4 is 5.97 Å². The third-order valence-electron chi connectivity index (χ3n) is 2.33. The molecule has 0 fully saturated rings. The molecule has 1 heterocycles. The van der Waals surface area contributed by atoms with E-state index in [1.54, 1.807) is 6.07 Å². The molecule has 0 saturated heterocycles. The Bertz CT molecular complexity index is 364. The number of carboxylic acid groups (broad SMARTS) is 1. The van der Waals surface area contributed by atoms with Crippen LogP contribution in [0.25, 0.3) is 0 Å². The lowest BCUT2D eigenvalue weighted by molar-refractivity contribution is -0.138. The van der Waals surface area contributed by atoms with Gasteiger partial charge in [0.2, 0.25) is 0 Å². The molecular formula is C10H11NO3. The van der Waals surface area contributed by atoms with Gasteiger partial charge in [0, 0.05) is 5.56 Å². The van der Waals surface area contributed by atoms with Crippen molar-refractivity contribution in [2.75, 3.05) is 0 Å². The minimum Gasteiger partial charge on any atom is -0.487 e. The van der Waals surface area contributed by atoms with Gasteiger partial charge in [-0.05, 0) is 6.07 Å². The van der Waals surface area contributed by atoms with Crippen LogP contribution in [-0.4, -0.2) is 17.2 Å². The number of benzene rings is 1. The lowest BCUT2D eigenvalue weighted by atomic mass is 10.0. The first kappa shape index (κ1) is 9.02. The highest BCUT2D eigenvalue weighted by molar-refractivity contribution is 5.68. The molecule has 0 aromatic heterocycles. The molecule has 1 aliphatic rings. The van der Waals surface area contributed by atoms with Crippen molar-refractivity contribution in [2.24, 2.45) is 5.73 Å². The summed E-state index contributed by atoms with van der Waals surface area (Å²) in [6.45, 7) is 0. The van der Waals surface area contributed by atoms with E-state index in [0.29, 0.717) is 5.75 Å². The van der Waals surface area contributed by atoms with Crippen LogP contribution in [-0.2, 0) is 4.79 Å². The number of hydrogen-bond donors (Lipinski definition) is 2. The second-order valence-corrected chi connectivity index (χ2v) is 3.32. The first-order valence-corrected chi connectivity index (χ1v) is 4.41. The lowest BCUT2D eigenvalue weighted by Crippen LogP contribution is -2.27. The average Bonchev–Trinajstić information content (AvgIpc) is 2.44. The fourth-order valence-corrected chi connectivity index (χ4v) is 1.64. The van der Waals surface area contributed by atoms with E-state index in [0.717, 1.165) is 5.56 Å². The number of ether oxygens (including phenoxy) is 1. The molecule has 0 bridgehead atoms. The van der Waals surface area contributed by atoms with Crippen LogP contribution in [0.15, 0.2) is 24.3 Å². The molecule has 3 N–H and O–H groups in total. The molecule has 2 unspecified atom stereocenters. The van der Waals surface area contributed by atoms with Gasteiger partial charge in [0.15, 0.2) is 0 Å². The summed E-state index contributed by atoms with van der Waals surface area (Å²) in [4.78, 5) is 10.5. The van der Waals surface area contributed by atoms with Crippen LogP contribution in [0.4, 0.5) is 0 Å². The van der Waals surface area contributed by atoms with Crippen molar-refractivity contribution in [2.45, 2.75) is 18.6 Å². The molecule has 0 spiro atoms. The van der Waals surface area contributed by atoms with Gasteiger partial charge in [-0.2, -0.15) is 0 Å². The largest absolute Gasteiger partial charge is 0.487 e. The highest BCUT2D eigenvalue weighted by Crippen LogP contribution is 2.35. The highest BCUT2D eigenvalue weighted by atomic mass is 16.5. The number of hydrogen-bond acceptors (Lipinski definition) is 3. The summed E-state index contributed by atoms with van der Waals surface area (Å²) in [6.07, 6.45) is -0.500. The Morgan fingerprint density at radius 2 is 2.21 bits per heavy atom. The minimum atomic E-state index is -0.891. The zero-order valence-corrected chi connectivity index (χ0v) is 7.51. The third kappa shape index (κ3) is 1.44. The predicted octanol–water partition coefficient (Wildman–Crippen LogP) is 0.922. The van der Waals surface area contributed by atoms with E-state index in [9.17, 15) is 4.79 Å². The first-order valence-electron chi connectivity index (χ1n) is 4.41. The van der Waals surface area contributed by atoms with Crippen LogP contribution < -0.4 is 10.5 Å². The van der Waals surface area contributed by atoms with E-state index < -0.39 is 12.1 Å². The Labute approximate surface area is 81.3 Å². The SMILES string of the molecule is NC1c2ccccc2OC1CC(=O)O. The number of para-hydroxylation sites is 1. The van der Waals surface area contributed by atoms with E-state index in [4.69, 9.17) is 15.6 Å². The van der Waals surface area contributed by atoms with Gasteiger partial charge in [-0.25, -0.2) is 0 Å². The molecule has 0 aliphatic carbocycles. The van der Waals surface area contributed by atoms with Gasteiger partial charge in [0.25, 0.3) is 0 Å². The third-order valence-corrected chi connectivity index (χ3v) is 2.33. The van der Waals surface area contributed by atoms with Gasteiger partial charge in [-0.3, -0.25) is 4.79 Å². The number of carboxylic acids is 1. The fourth-order valence-electron chi connectivity index (χ4n) is 1.64. The number of rotatable bonds is 2. The van der Waals surface area contributed by atoms with Crippen LogP contribution in [0.2, 0.25) is 0 Å². The zero-order chi connectivity index (χ0) is 10.1. The van der Waals surface area contributed by atoms with Crippen LogP contribution in [0.3, 0.4) is 0 Å². The van der Waals surface area contributed by atoms with E-state index in [1.165, 1.54) is 0 Å². The molecule has 0 amide bonds. The maximum atomic E-state index is 10.5. The first-order chi connectivity index (χ1) is 6.68. The number of aliphatic carboxylic acids is 1. The maximum Gasteiger partial charge on any atom is 0.307 e. The second-order valence-electron chi connectivity index (χ2n) is 3.32. The van der Waals surface area contributed by atoms with Gasteiger partial charge in [-0.1, -0.05) is 18.2 Å². The van der Waals surface area contributed by atoms with E-state index in [-0.39, 0.29) is 12.5 Å². The van der Waals surface area contributed by atoms with E-state index in [2.05, 4.69) is 0 Å². The quantitative estimate of drug-likeness (QED) is 0.732. The molecule has 0 saturated carbocycles. The molecule has 2 atom stereocenters. The summed E-state index contributed by atoms with van der Waals surface area (Å²) < 4.78 is 5.42. The maximum absolute atomic E-state index is 10.5. The normalized spacial score (nSPS) is 24.1.